The van der Waals surface area contributed by atoms with Gasteiger partial charge in [-0.15, -0.1) is 0 Å². The highest BCUT2D eigenvalue weighted by Gasteiger charge is 2.45. The Morgan fingerprint density at radius 2 is 1.49 bits per heavy atom. The molecule has 0 aliphatic carbocycles. The van der Waals surface area contributed by atoms with Crippen molar-refractivity contribution in [1.29, 1.82) is 0 Å². The van der Waals surface area contributed by atoms with E-state index < -0.39 is 44.9 Å². The highest BCUT2D eigenvalue weighted by atomic mass is 35.5. The first-order chi connectivity index (χ1) is 26.2. The summed E-state index contributed by atoms with van der Waals surface area (Å²) in [5.41, 5.74) is -1.70. The van der Waals surface area contributed by atoms with Crippen molar-refractivity contribution in [2.75, 3.05) is 6.61 Å². The number of rotatable bonds is 12. The first kappa shape index (κ1) is 38.4. The van der Waals surface area contributed by atoms with Crippen molar-refractivity contribution in [3.63, 3.8) is 0 Å². The third kappa shape index (κ3) is 8.58. The molecule has 0 saturated carbocycles. The summed E-state index contributed by atoms with van der Waals surface area (Å²) >= 11 is 6.72. The van der Waals surface area contributed by atoms with Gasteiger partial charge in [0.1, 0.15) is 24.7 Å². The minimum Gasteiger partial charge on any atom is -0.489 e. The number of fused-ring (bicyclic) bond motifs is 1. The molecule has 0 radical (unpaired) electrons. The maximum atomic E-state index is 14.5. The monoisotopic (exact) mass is 794 g/mol. The average Bonchev–Trinajstić information content (AvgIpc) is 3.47. The molecular weight excluding hydrogens is 769 g/mol. The van der Waals surface area contributed by atoms with Crippen LogP contribution in [-0.2, 0) is 22.7 Å². The third-order valence-corrected chi connectivity index (χ3v) is 9.38. The topological polar surface area (TPSA) is 165 Å². The van der Waals surface area contributed by atoms with E-state index >= 15 is 0 Å². The van der Waals surface area contributed by atoms with Crippen molar-refractivity contribution >= 4 is 46.4 Å². The molecule has 6 rings (SSSR count). The van der Waals surface area contributed by atoms with Gasteiger partial charge in [0.15, 0.2) is 10.5 Å². The molecule has 0 amide bonds. The number of alkyl halides is 3. The molecule has 4 aromatic carbocycles. The molecule has 1 aliphatic heterocycles. The number of allylic oxidation sites excluding steroid dienone is 1. The van der Waals surface area contributed by atoms with Crippen molar-refractivity contribution in [1.82, 2.24) is 4.57 Å². The fraction of sp³-hybridized carbons (Fsp3) is 0.162. The Hall–Kier alpha value is -6.33. The lowest BCUT2D eigenvalue weighted by Gasteiger charge is -2.26. The molecule has 0 N–H and O–H groups in total. The third-order valence-electron chi connectivity index (χ3n) is 8.15. The van der Waals surface area contributed by atoms with Gasteiger partial charge in [-0.1, -0.05) is 35.1 Å². The Morgan fingerprint density at radius 1 is 0.909 bits per heavy atom. The molecule has 1 aliphatic rings. The van der Waals surface area contributed by atoms with Gasteiger partial charge in [0.25, 0.3) is 16.9 Å². The maximum absolute atomic E-state index is 14.5. The Bertz CT molecular complexity index is 2500. The van der Waals surface area contributed by atoms with Gasteiger partial charge in [-0.3, -0.25) is 29.6 Å². The first-order valence-electron chi connectivity index (χ1n) is 16.2. The molecule has 0 unspecified atom stereocenters. The van der Waals surface area contributed by atoms with E-state index in [0.717, 1.165) is 4.57 Å². The summed E-state index contributed by atoms with van der Waals surface area (Å²) in [5.74, 6) is -0.825. The normalized spacial score (nSPS) is 14.2. The van der Waals surface area contributed by atoms with Gasteiger partial charge < -0.3 is 14.2 Å². The van der Waals surface area contributed by atoms with Crippen LogP contribution in [0.4, 0.5) is 24.5 Å². The van der Waals surface area contributed by atoms with Gasteiger partial charge in [0.2, 0.25) is 0 Å². The van der Waals surface area contributed by atoms with Crippen molar-refractivity contribution in [3.05, 3.63) is 169 Å². The van der Waals surface area contributed by atoms with Crippen LogP contribution in [0.1, 0.15) is 35.2 Å². The van der Waals surface area contributed by atoms with Crippen LogP contribution in [0, 0.1) is 20.2 Å². The second-order valence-corrected chi connectivity index (χ2v) is 13.2. The highest BCUT2D eigenvalue weighted by molar-refractivity contribution is 7.07. The Labute approximate surface area is 317 Å². The van der Waals surface area contributed by atoms with Crippen LogP contribution in [-0.4, -0.2) is 33.2 Å². The number of hydrogen-bond donors (Lipinski definition) is 0. The number of aromatic nitrogens is 1. The second kappa shape index (κ2) is 16.0. The Morgan fingerprint density at radius 3 is 2.04 bits per heavy atom. The van der Waals surface area contributed by atoms with E-state index in [0.29, 0.717) is 33.8 Å². The van der Waals surface area contributed by atoms with Gasteiger partial charge in [0.05, 0.1) is 32.6 Å². The SMILES string of the molecule is CCOC(=O)C1=C(C(F)(F)F)N=c2s/c(=C/c3ccc(OCc4ccc([N+](=O)[O-])cc4)cc3OCc3ccc([N+](=O)[O-])cc3)c(=O)n2[C@H]1c1ccc(Cl)cc1. The number of esters is 1. The first-order valence-corrected chi connectivity index (χ1v) is 17.3. The van der Waals surface area contributed by atoms with E-state index in [-0.39, 0.29) is 56.9 Å². The number of nitrogens with zero attached hydrogens (tertiary/aromatic N) is 4. The molecule has 18 heteroatoms. The largest absolute Gasteiger partial charge is 0.489 e. The van der Waals surface area contributed by atoms with Gasteiger partial charge in [-0.2, -0.15) is 13.2 Å². The standard InChI is InChI=1S/C37H26ClF3N4O9S/c1-2-52-35(47)31-32(23-7-10-25(38)11-8-23)43-34(46)30(55-36(43)42-33(31)37(39,40)41)17-24-9-16-28(53-19-21-3-12-26(13-4-21)44(48)49)18-29(24)54-20-22-5-14-27(15-6-22)45(50)51/h3-18,32H,2,19-20H2,1H3/b30-17+/t32-/m0/s1. The van der Waals surface area contributed by atoms with Crippen LogP contribution in [0.2, 0.25) is 5.02 Å². The van der Waals surface area contributed by atoms with Crippen molar-refractivity contribution in [3.8, 4) is 11.5 Å². The van der Waals surface area contributed by atoms with E-state index in [9.17, 15) is 43.0 Å². The highest BCUT2D eigenvalue weighted by Crippen LogP contribution is 2.38. The summed E-state index contributed by atoms with van der Waals surface area (Å²) in [4.78, 5) is 51.8. The summed E-state index contributed by atoms with van der Waals surface area (Å²) in [7, 11) is 0. The summed E-state index contributed by atoms with van der Waals surface area (Å²) in [6.45, 7) is 1.14. The Balaban J connectivity index is 1.44. The molecule has 0 fully saturated rings. The number of nitro benzene ring substituents is 2. The van der Waals surface area contributed by atoms with Gasteiger partial charge in [0, 0.05) is 40.9 Å². The van der Waals surface area contributed by atoms with Crippen molar-refractivity contribution < 1.29 is 42.0 Å². The van der Waals surface area contributed by atoms with Crippen LogP contribution >= 0.6 is 22.9 Å². The molecule has 55 heavy (non-hydrogen) atoms. The van der Waals surface area contributed by atoms with E-state index in [4.69, 9.17) is 25.8 Å². The number of carbonyl (C=O) groups is 1. The second-order valence-electron chi connectivity index (χ2n) is 11.7. The van der Waals surface area contributed by atoms with E-state index in [2.05, 4.69) is 4.99 Å². The molecule has 1 atom stereocenters. The van der Waals surface area contributed by atoms with Crippen LogP contribution in [0.25, 0.3) is 6.08 Å². The van der Waals surface area contributed by atoms with E-state index in [1.165, 1.54) is 91.9 Å². The minimum atomic E-state index is -5.09. The van der Waals surface area contributed by atoms with Gasteiger partial charge >= 0.3 is 12.1 Å². The lowest BCUT2D eigenvalue weighted by molar-refractivity contribution is -0.385. The number of nitro groups is 2. The average molecular weight is 795 g/mol. The molecule has 0 bridgehead atoms. The zero-order chi connectivity index (χ0) is 39.4. The molecular formula is C37H26ClF3N4O9S. The minimum absolute atomic E-state index is 0.0206. The summed E-state index contributed by atoms with van der Waals surface area (Å²) in [6, 6.07) is 20.1. The molecule has 0 saturated heterocycles. The number of benzene rings is 4. The van der Waals surface area contributed by atoms with Gasteiger partial charge in [-0.05, 0) is 78.2 Å². The number of thiazole rings is 1. The quantitative estimate of drug-likeness (QED) is 0.0737. The van der Waals surface area contributed by atoms with E-state index in [1.807, 2.05) is 0 Å². The van der Waals surface area contributed by atoms with Crippen LogP contribution in [0.3, 0.4) is 0 Å². The lowest BCUT2D eigenvalue weighted by Crippen LogP contribution is -2.41. The van der Waals surface area contributed by atoms with Crippen LogP contribution in [0.5, 0.6) is 11.5 Å². The van der Waals surface area contributed by atoms with Crippen molar-refractivity contribution in [2.45, 2.75) is 32.4 Å². The summed E-state index contributed by atoms with van der Waals surface area (Å²) in [5, 5.41) is 22.4. The number of non-ortho nitro benzene ring substituents is 2. The zero-order valence-electron chi connectivity index (χ0n) is 28.3. The summed E-state index contributed by atoms with van der Waals surface area (Å²) < 4.78 is 61.6. The maximum Gasteiger partial charge on any atom is 0.434 e. The fourth-order valence-corrected chi connectivity index (χ4v) is 6.66. The number of carbonyl (C=O) groups excluding carboxylic acids is 1. The molecule has 1 aromatic heterocycles. The number of halogens is 4. The molecule has 5 aromatic rings. The predicted molar refractivity (Wildman–Crippen MR) is 194 cm³/mol. The smallest absolute Gasteiger partial charge is 0.434 e. The number of hydrogen-bond acceptors (Lipinski definition) is 11. The molecule has 282 valence electrons. The molecule has 2 heterocycles. The van der Waals surface area contributed by atoms with Crippen LogP contribution in [0.15, 0.2) is 112 Å². The number of ether oxygens (including phenoxy) is 3. The van der Waals surface area contributed by atoms with Gasteiger partial charge in [-0.25, -0.2) is 9.79 Å². The predicted octanol–water partition coefficient (Wildman–Crippen LogP) is 6.97. The Kier molecular flexibility index (Phi) is 11.1. The summed E-state index contributed by atoms with van der Waals surface area (Å²) in [6.07, 6.45) is -3.69. The van der Waals surface area contributed by atoms with Crippen LogP contribution < -0.4 is 24.4 Å². The zero-order valence-corrected chi connectivity index (χ0v) is 29.9. The lowest BCUT2D eigenvalue weighted by atomic mass is 9.95. The molecule has 13 nitrogen and oxygen atoms in total. The molecule has 0 spiro atoms. The van der Waals surface area contributed by atoms with E-state index in [1.54, 1.807) is 12.1 Å². The van der Waals surface area contributed by atoms with Crippen molar-refractivity contribution in [2.24, 2.45) is 4.99 Å². The fourth-order valence-electron chi connectivity index (χ4n) is 5.55.